The highest BCUT2D eigenvalue weighted by atomic mass is 16.4. The molecule has 1 heterocycles. The summed E-state index contributed by atoms with van der Waals surface area (Å²) < 4.78 is 5.56. The maximum Gasteiger partial charge on any atom is 0.255 e. The molecule has 1 amide bonds. The van der Waals surface area contributed by atoms with Crippen LogP contribution in [0.25, 0.3) is 16.9 Å². The van der Waals surface area contributed by atoms with Gasteiger partial charge in [0.2, 0.25) is 5.78 Å². The van der Waals surface area contributed by atoms with E-state index in [0.29, 0.717) is 16.8 Å². The predicted octanol–water partition coefficient (Wildman–Crippen LogP) is 0.834. The molecule has 3 aliphatic carbocycles. The number of nitrogens with one attached hydrogen (secondary N) is 2. The third-order valence-electron chi connectivity index (χ3n) is 7.95. The van der Waals surface area contributed by atoms with Gasteiger partial charge in [0.15, 0.2) is 23.4 Å². The zero-order chi connectivity index (χ0) is 25.6. The number of hydrogen-bond donors (Lipinski definition) is 6. The highest BCUT2D eigenvalue weighted by Crippen LogP contribution is 2.58. The number of carbonyl (C=O) groups is 3. The summed E-state index contributed by atoms with van der Waals surface area (Å²) in [7, 11) is 3.18. The van der Waals surface area contributed by atoms with E-state index >= 15 is 0 Å². The number of ketones is 2. The molecule has 0 spiro atoms. The molecule has 2 aromatic rings. The Morgan fingerprint density at radius 1 is 1.26 bits per heavy atom. The first kappa shape index (κ1) is 23.1. The summed E-state index contributed by atoms with van der Waals surface area (Å²) in [5.74, 6) is -6.33. The molecule has 4 atom stereocenters. The Bertz CT molecular complexity index is 1400. The molecule has 1 aromatic carbocycles. The number of Topliss-reactive ketones (excluding diaryl/α,β-unsaturated/α-hetero) is 2. The van der Waals surface area contributed by atoms with E-state index in [0.717, 1.165) is 0 Å². The van der Waals surface area contributed by atoms with Crippen molar-refractivity contribution in [3.63, 3.8) is 0 Å². The first-order valence-corrected chi connectivity index (χ1v) is 11.2. The lowest BCUT2D eigenvalue weighted by molar-refractivity contribution is -0.151. The van der Waals surface area contributed by atoms with Gasteiger partial charge in [0.25, 0.3) is 5.91 Å². The molecule has 184 valence electrons. The van der Waals surface area contributed by atoms with Crippen LogP contribution >= 0.6 is 0 Å². The van der Waals surface area contributed by atoms with Crippen LogP contribution in [0.4, 0.5) is 5.69 Å². The minimum Gasteiger partial charge on any atom is -0.508 e. The Morgan fingerprint density at radius 3 is 2.54 bits per heavy atom. The van der Waals surface area contributed by atoms with E-state index in [4.69, 9.17) is 10.2 Å². The summed E-state index contributed by atoms with van der Waals surface area (Å²) in [5.41, 5.74) is 3.28. The largest absolute Gasteiger partial charge is 0.508 e. The van der Waals surface area contributed by atoms with Crippen LogP contribution in [0.3, 0.4) is 0 Å². The SMILES string of the molecule is CNc1cc2ncoc2c2c1C(C)(C)[C@H]1C[C@H]3[C@H](NC)C(=O)C(C(N)=O)=C(O)[C@@]3(O)C(=O)C1=C2O. The lowest BCUT2D eigenvalue weighted by atomic mass is 9.52. The van der Waals surface area contributed by atoms with Crippen LogP contribution in [0.2, 0.25) is 0 Å². The molecule has 1 fully saturated rings. The number of aliphatic hydroxyl groups is 3. The molecule has 0 saturated heterocycles. The van der Waals surface area contributed by atoms with Crippen LogP contribution in [-0.4, -0.2) is 63.5 Å². The average Bonchev–Trinajstić information content (AvgIpc) is 3.27. The van der Waals surface area contributed by atoms with Crippen molar-refractivity contribution in [2.24, 2.45) is 17.6 Å². The van der Waals surface area contributed by atoms with Crippen LogP contribution < -0.4 is 16.4 Å². The van der Waals surface area contributed by atoms with Crippen molar-refractivity contribution < 1.29 is 34.1 Å². The minimum atomic E-state index is -2.64. The Labute approximate surface area is 199 Å². The number of anilines is 1. The second kappa shape index (κ2) is 7.15. The molecule has 5 rings (SSSR count). The van der Waals surface area contributed by atoms with Crippen LogP contribution in [0, 0.1) is 11.8 Å². The number of rotatable bonds is 3. The van der Waals surface area contributed by atoms with E-state index in [1.54, 1.807) is 13.1 Å². The van der Waals surface area contributed by atoms with Gasteiger partial charge in [0.05, 0.1) is 11.6 Å². The zero-order valence-electron chi connectivity index (χ0n) is 19.6. The number of hydrogen-bond acceptors (Lipinski definition) is 10. The highest BCUT2D eigenvalue weighted by molar-refractivity contribution is 6.24. The van der Waals surface area contributed by atoms with Crippen molar-refractivity contribution in [2.75, 3.05) is 19.4 Å². The molecule has 0 unspecified atom stereocenters. The van der Waals surface area contributed by atoms with Gasteiger partial charge >= 0.3 is 0 Å². The summed E-state index contributed by atoms with van der Waals surface area (Å²) in [6.45, 7) is 3.79. The fraction of sp³-hybridized carbons (Fsp3) is 0.417. The first-order valence-electron chi connectivity index (χ1n) is 11.2. The van der Waals surface area contributed by atoms with Crippen molar-refractivity contribution in [1.82, 2.24) is 10.3 Å². The quantitative estimate of drug-likeness (QED) is 0.342. The number of primary amides is 1. The maximum absolute atomic E-state index is 14.0. The zero-order valence-corrected chi connectivity index (χ0v) is 19.6. The lowest BCUT2D eigenvalue weighted by Crippen LogP contribution is -2.66. The number of nitrogens with zero attached hydrogens (tertiary/aromatic N) is 1. The number of amides is 1. The summed E-state index contributed by atoms with van der Waals surface area (Å²) in [6, 6.07) is 0.621. The molecule has 35 heavy (non-hydrogen) atoms. The lowest BCUT2D eigenvalue weighted by Gasteiger charge is -2.53. The Kier molecular flexibility index (Phi) is 4.71. The van der Waals surface area contributed by atoms with E-state index in [9.17, 15) is 29.7 Å². The van der Waals surface area contributed by atoms with E-state index in [1.807, 2.05) is 13.8 Å². The van der Waals surface area contributed by atoms with E-state index in [2.05, 4.69) is 15.6 Å². The van der Waals surface area contributed by atoms with Gasteiger partial charge in [-0.15, -0.1) is 0 Å². The monoisotopic (exact) mass is 482 g/mol. The van der Waals surface area contributed by atoms with E-state index in [-0.39, 0.29) is 23.1 Å². The molecule has 0 radical (unpaired) electrons. The van der Waals surface area contributed by atoms with E-state index in [1.165, 1.54) is 13.4 Å². The van der Waals surface area contributed by atoms with Crippen LogP contribution in [0.1, 0.15) is 31.4 Å². The number of benzene rings is 1. The summed E-state index contributed by atoms with van der Waals surface area (Å²) >= 11 is 0. The first-order chi connectivity index (χ1) is 16.4. The Hall–Kier alpha value is -3.70. The maximum atomic E-state index is 14.0. The molecule has 0 bridgehead atoms. The second-order valence-electron chi connectivity index (χ2n) is 9.82. The predicted molar refractivity (Wildman–Crippen MR) is 124 cm³/mol. The van der Waals surface area contributed by atoms with Crippen molar-refractivity contribution in [2.45, 2.75) is 37.3 Å². The van der Waals surface area contributed by atoms with Gasteiger partial charge in [0, 0.05) is 30.1 Å². The molecule has 7 N–H and O–H groups in total. The standard InChI is InChI=1S/C24H26N4O7/c1-23(2)8-5-9-16(27-4)18(30)14(22(25)33)21(32)24(9,34)20(31)12(8)17(29)13-15(23)10(26-3)6-11-19(13)35-7-28-11/h6-9,16,26-27,29,32,34H,5H2,1-4H3,(H2,25,33)/t8-,9-,16-,24-/m0/s1. The highest BCUT2D eigenvalue weighted by Gasteiger charge is 2.65. The summed E-state index contributed by atoms with van der Waals surface area (Å²) in [4.78, 5) is 43.2. The fourth-order valence-electron chi connectivity index (χ4n) is 6.28. The van der Waals surface area contributed by atoms with Gasteiger partial charge in [-0.05, 0) is 30.5 Å². The number of oxazole rings is 1. The third kappa shape index (κ3) is 2.62. The van der Waals surface area contributed by atoms with Crippen molar-refractivity contribution in [1.29, 1.82) is 0 Å². The molecule has 0 aliphatic heterocycles. The number of aromatic nitrogens is 1. The summed E-state index contributed by atoms with van der Waals surface area (Å²) in [5, 5.41) is 39.9. The second-order valence-corrected chi connectivity index (χ2v) is 9.82. The molecule has 1 aromatic heterocycles. The van der Waals surface area contributed by atoms with Crippen LogP contribution in [0.5, 0.6) is 0 Å². The van der Waals surface area contributed by atoms with Crippen LogP contribution in [-0.2, 0) is 19.8 Å². The smallest absolute Gasteiger partial charge is 0.255 e. The van der Waals surface area contributed by atoms with Gasteiger partial charge in [0.1, 0.15) is 22.6 Å². The van der Waals surface area contributed by atoms with Crippen molar-refractivity contribution >= 4 is 40.0 Å². The normalized spacial score (nSPS) is 29.7. The molecule has 3 aliphatic rings. The van der Waals surface area contributed by atoms with Gasteiger partial charge in [-0.3, -0.25) is 14.4 Å². The number of aliphatic hydroxyl groups excluding tert-OH is 2. The number of fused-ring (bicyclic) bond motifs is 5. The Balaban J connectivity index is 1.85. The molecule has 1 saturated carbocycles. The molecular formula is C24H26N4O7. The number of likely N-dealkylation sites (N-methyl/N-ethyl adjacent to an activating group) is 1. The van der Waals surface area contributed by atoms with Crippen molar-refractivity contribution in [3.05, 3.63) is 40.5 Å². The van der Waals surface area contributed by atoms with Crippen LogP contribution in [0.15, 0.2) is 33.8 Å². The van der Waals surface area contributed by atoms with Gasteiger partial charge in [-0.2, -0.15) is 0 Å². The van der Waals surface area contributed by atoms with Gasteiger partial charge in [-0.1, -0.05) is 13.8 Å². The van der Waals surface area contributed by atoms with Gasteiger partial charge in [-0.25, -0.2) is 4.98 Å². The van der Waals surface area contributed by atoms with Crippen molar-refractivity contribution in [3.8, 4) is 0 Å². The molecule has 11 nitrogen and oxygen atoms in total. The fourth-order valence-corrected chi connectivity index (χ4v) is 6.28. The molecule has 11 heteroatoms. The number of nitrogens with two attached hydrogens (primary N) is 1. The molecular weight excluding hydrogens is 456 g/mol. The summed E-state index contributed by atoms with van der Waals surface area (Å²) in [6.07, 6.45) is 1.27. The minimum absolute atomic E-state index is 0.0407. The number of carbonyl (C=O) groups excluding carboxylic acids is 3. The average molecular weight is 482 g/mol. The Morgan fingerprint density at radius 2 is 1.94 bits per heavy atom. The van der Waals surface area contributed by atoms with Gasteiger partial charge < -0.3 is 36.1 Å². The third-order valence-corrected chi connectivity index (χ3v) is 7.95. The topological polar surface area (TPSA) is 188 Å². The van der Waals surface area contributed by atoms with E-state index < -0.39 is 63.5 Å².